The zero-order chi connectivity index (χ0) is 13.5. The third-order valence-electron chi connectivity index (χ3n) is 2.39. The van der Waals surface area contributed by atoms with Crippen molar-refractivity contribution in [2.75, 3.05) is 7.11 Å². The summed E-state index contributed by atoms with van der Waals surface area (Å²) < 4.78 is 5.63. The number of esters is 1. The lowest BCUT2D eigenvalue weighted by molar-refractivity contribution is -0.144. The molecule has 0 bridgehead atoms. The van der Waals surface area contributed by atoms with Gasteiger partial charge in [0.2, 0.25) is 5.91 Å². The van der Waals surface area contributed by atoms with E-state index >= 15 is 0 Å². The topological polar surface area (TPSA) is 55.4 Å². The quantitative estimate of drug-likeness (QED) is 0.814. The average molecular weight is 334 g/mol. The summed E-state index contributed by atoms with van der Waals surface area (Å²) in [4.78, 5) is 23.9. The smallest absolute Gasteiger partial charge is 0.328 e. The van der Waals surface area contributed by atoms with Crippen LogP contribution >= 0.6 is 27.3 Å². The van der Waals surface area contributed by atoms with Crippen LogP contribution < -0.4 is 5.32 Å². The number of carbonyl (C=O) groups excluding carboxylic acids is 2. The van der Waals surface area contributed by atoms with Crippen molar-refractivity contribution in [2.45, 2.75) is 32.2 Å². The SMILES string of the molecule is COC(=O)[C@H](C)NC(=O)CCCc1ccc(Br)s1. The molecule has 0 aromatic carbocycles. The first-order chi connectivity index (χ1) is 8.52. The van der Waals surface area contributed by atoms with Gasteiger partial charge >= 0.3 is 5.97 Å². The maximum Gasteiger partial charge on any atom is 0.328 e. The second kappa shape index (κ2) is 7.53. The number of amides is 1. The molecule has 0 fully saturated rings. The molecule has 0 saturated carbocycles. The lowest BCUT2D eigenvalue weighted by Gasteiger charge is -2.11. The van der Waals surface area contributed by atoms with E-state index in [0.29, 0.717) is 6.42 Å². The van der Waals surface area contributed by atoms with E-state index in [2.05, 4.69) is 26.0 Å². The molecule has 6 heteroatoms. The number of ether oxygens (including phenoxy) is 1. The van der Waals surface area contributed by atoms with Crippen LogP contribution in [0.5, 0.6) is 0 Å². The van der Waals surface area contributed by atoms with Gasteiger partial charge < -0.3 is 10.1 Å². The van der Waals surface area contributed by atoms with Crippen molar-refractivity contribution in [3.63, 3.8) is 0 Å². The van der Waals surface area contributed by atoms with Crippen molar-refractivity contribution in [2.24, 2.45) is 0 Å². The van der Waals surface area contributed by atoms with E-state index in [1.54, 1.807) is 18.3 Å². The number of hydrogen-bond donors (Lipinski definition) is 1. The van der Waals surface area contributed by atoms with E-state index in [-0.39, 0.29) is 5.91 Å². The fourth-order valence-electron chi connectivity index (χ4n) is 1.46. The first-order valence-electron chi connectivity index (χ1n) is 5.64. The lowest BCUT2D eigenvalue weighted by Crippen LogP contribution is -2.39. The number of carbonyl (C=O) groups is 2. The number of thiophene rings is 1. The number of nitrogens with one attached hydrogen (secondary N) is 1. The average Bonchev–Trinajstić information content (AvgIpc) is 2.73. The molecule has 4 nitrogen and oxygen atoms in total. The van der Waals surface area contributed by atoms with Gasteiger partial charge in [-0.15, -0.1) is 11.3 Å². The maximum atomic E-state index is 11.5. The van der Waals surface area contributed by atoms with Crippen LogP contribution in [-0.2, 0) is 20.7 Å². The van der Waals surface area contributed by atoms with Crippen LogP contribution in [0.25, 0.3) is 0 Å². The van der Waals surface area contributed by atoms with Crippen LogP contribution in [0.15, 0.2) is 15.9 Å². The first-order valence-corrected chi connectivity index (χ1v) is 7.25. The van der Waals surface area contributed by atoms with Crippen LogP contribution in [-0.4, -0.2) is 25.0 Å². The molecule has 1 aromatic heterocycles. The summed E-state index contributed by atoms with van der Waals surface area (Å²) in [5.41, 5.74) is 0. The fourth-order valence-corrected chi connectivity index (χ4v) is 2.98. The minimum Gasteiger partial charge on any atom is -0.467 e. The van der Waals surface area contributed by atoms with Crippen LogP contribution in [0.1, 0.15) is 24.6 Å². The van der Waals surface area contributed by atoms with E-state index in [1.165, 1.54) is 12.0 Å². The molecule has 0 radical (unpaired) electrons. The van der Waals surface area contributed by atoms with E-state index in [9.17, 15) is 9.59 Å². The fraction of sp³-hybridized carbons (Fsp3) is 0.500. The second-order valence-electron chi connectivity index (χ2n) is 3.87. The molecule has 1 atom stereocenters. The third-order valence-corrected chi connectivity index (χ3v) is 4.07. The minimum atomic E-state index is -0.585. The van der Waals surface area contributed by atoms with Gasteiger partial charge in [0.15, 0.2) is 0 Å². The molecule has 1 aromatic rings. The zero-order valence-electron chi connectivity index (χ0n) is 10.4. The van der Waals surface area contributed by atoms with Gasteiger partial charge in [0, 0.05) is 11.3 Å². The summed E-state index contributed by atoms with van der Waals surface area (Å²) in [6.07, 6.45) is 2.06. The number of halogens is 1. The van der Waals surface area contributed by atoms with Crippen molar-refractivity contribution in [1.82, 2.24) is 5.32 Å². The summed E-state index contributed by atoms with van der Waals surface area (Å²) in [5, 5.41) is 2.60. The standard InChI is InChI=1S/C12H16BrNO3S/c1-8(12(16)17-2)14-11(15)5-3-4-9-6-7-10(13)18-9/h6-8H,3-5H2,1-2H3,(H,14,15)/t8-/m0/s1. The Morgan fingerprint density at radius 1 is 1.50 bits per heavy atom. The number of rotatable bonds is 6. The molecule has 0 aliphatic heterocycles. The van der Waals surface area contributed by atoms with Crippen LogP contribution in [0.4, 0.5) is 0 Å². The number of aryl methyl sites for hydroxylation is 1. The van der Waals surface area contributed by atoms with E-state index in [1.807, 2.05) is 12.1 Å². The van der Waals surface area contributed by atoms with E-state index < -0.39 is 12.0 Å². The molecule has 0 saturated heterocycles. The highest BCUT2D eigenvalue weighted by Crippen LogP contribution is 2.23. The van der Waals surface area contributed by atoms with Crippen molar-refractivity contribution >= 4 is 39.1 Å². The molecule has 0 aliphatic carbocycles. The van der Waals surface area contributed by atoms with Gasteiger partial charge in [-0.2, -0.15) is 0 Å². The largest absolute Gasteiger partial charge is 0.467 e. The van der Waals surface area contributed by atoms with Crippen molar-refractivity contribution in [1.29, 1.82) is 0 Å². The Morgan fingerprint density at radius 2 is 2.22 bits per heavy atom. The van der Waals surface area contributed by atoms with Gasteiger partial charge in [-0.05, 0) is 47.8 Å². The van der Waals surface area contributed by atoms with Crippen molar-refractivity contribution in [3.8, 4) is 0 Å². The Hall–Kier alpha value is -0.880. The van der Waals surface area contributed by atoms with Gasteiger partial charge in [-0.3, -0.25) is 4.79 Å². The summed E-state index contributed by atoms with van der Waals surface area (Å²) in [5.74, 6) is -0.547. The Bertz CT molecular complexity index is 419. The summed E-state index contributed by atoms with van der Waals surface area (Å²) in [7, 11) is 1.31. The molecule has 0 aliphatic rings. The molecule has 0 unspecified atom stereocenters. The summed E-state index contributed by atoms with van der Waals surface area (Å²) in [6.45, 7) is 1.61. The Labute approximate surface area is 119 Å². The highest BCUT2D eigenvalue weighted by Gasteiger charge is 2.15. The molecule has 18 heavy (non-hydrogen) atoms. The number of methoxy groups -OCH3 is 1. The lowest BCUT2D eigenvalue weighted by atomic mass is 10.2. The zero-order valence-corrected chi connectivity index (χ0v) is 12.8. The second-order valence-corrected chi connectivity index (χ2v) is 6.42. The van der Waals surface area contributed by atoms with Gasteiger partial charge in [0.1, 0.15) is 6.04 Å². The predicted octanol–water partition coefficient (Wildman–Crippen LogP) is 2.51. The highest BCUT2D eigenvalue weighted by molar-refractivity contribution is 9.11. The van der Waals surface area contributed by atoms with Gasteiger partial charge in [-0.1, -0.05) is 0 Å². The molecule has 100 valence electrons. The highest BCUT2D eigenvalue weighted by atomic mass is 79.9. The van der Waals surface area contributed by atoms with Crippen LogP contribution in [0.2, 0.25) is 0 Å². The maximum absolute atomic E-state index is 11.5. The molecule has 1 rings (SSSR count). The molecule has 1 amide bonds. The van der Waals surface area contributed by atoms with Gasteiger partial charge in [0.05, 0.1) is 10.9 Å². The Balaban J connectivity index is 2.23. The van der Waals surface area contributed by atoms with Crippen LogP contribution in [0, 0.1) is 0 Å². The summed E-state index contributed by atoms with van der Waals surface area (Å²) >= 11 is 5.07. The minimum absolute atomic E-state index is 0.122. The van der Waals surface area contributed by atoms with E-state index in [0.717, 1.165) is 16.6 Å². The number of hydrogen-bond acceptors (Lipinski definition) is 4. The van der Waals surface area contributed by atoms with E-state index in [4.69, 9.17) is 0 Å². The van der Waals surface area contributed by atoms with Crippen molar-refractivity contribution < 1.29 is 14.3 Å². The Morgan fingerprint density at radius 3 is 2.78 bits per heavy atom. The molecule has 0 spiro atoms. The molecular formula is C12H16BrNO3S. The van der Waals surface area contributed by atoms with Crippen molar-refractivity contribution in [3.05, 3.63) is 20.8 Å². The monoisotopic (exact) mass is 333 g/mol. The normalized spacial score (nSPS) is 11.9. The molecule has 1 heterocycles. The van der Waals surface area contributed by atoms with Crippen LogP contribution in [0.3, 0.4) is 0 Å². The predicted molar refractivity (Wildman–Crippen MR) is 74.6 cm³/mol. The summed E-state index contributed by atoms with van der Waals surface area (Å²) in [6, 6.07) is 3.46. The van der Waals surface area contributed by atoms with Gasteiger partial charge in [0.25, 0.3) is 0 Å². The first kappa shape index (κ1) is 15.2. The third kappa shape index (κ3) is 5.18. The van der Waals surface area contributed by atoms with Gasteiger partial charge in [-0.25, -0.2) is 4.79 Å². The molecular weight excluding hydrogens is 318 g/mol. The Kier molecular flexibility index (Phi) is 6.35. The molecule has 1 N–H and O–H groups in total.